The number of hydrogen-bond donors (Lipinski definition) is 1. The smallest absolute Gasteiger partial charge is 0.311 e. The molecule has 1 aliphatic heterocycles. The van der Waals surface area contributed by atoms with Crippen molar-refractivity contribution in [3.63, 3.8) is 0 Å². The van der Waals surface area contributed by atoms with Gasteiger partial charge in [-0.15, -0.1) is 0 Å². The number of rotatable bonds is 4. The third-order valence-electron chi connectivity index (χ3n) is 3.52. The molecule has 1 saturated heterocycles. The second-order valence-corrected chi connectivity index (χ2v) is 5.19. The monoisotopic (exact) mass is 264 g/mol. The highest BCUT2D eigenvalue weighted by atomic mass is 16.6. The van der Waals surface area contributed by atoms with Crippen molar-refractivity contribution in [2.45, 2.75) is 26.7 Å². The maximum Gasteiger partial charge on any atom is 0.311 e. The highest BCUT2D eigenvalue weighted by Gasteiger charge is 2.20. The fourth-order valence-corrected chi connectivity index (χ4v) is 2.50. The lowest BCUT2D eigenvalue weighted by Gasteiger charge is -2.23. The average Bonchev–Trinajstić information content (AvgIpc) is 2.38. The van der Waals surface area contributed by atoms with Crippen molar-refractivity contribution in [2.75, 3.05) is 19.7 Å². The second-order valence-electron chi connectivity index (χ2n) is 5.19. The summed E-state index contributed by atoms with van der Waals surface area (Å²) in [7, 11) is 0. The quantitative estimate of drug-likeness (QED) is 0.670. The lowest BCUT2D eigenvalue weighted by Crippen LogP contribution is -2.30. The van der Waals surface area contributed by atoms with Gasteiger partial charge in [0.1, 0.15) is 0 Å². The second kappa shape index (κ2) is 6.02. The summed E-state index contributed by atoms with van der Waals surface area (Å²) in [5.41, 5.74) is 1.80. The molecule has 2 rings (SSSR count). The summed E-state index contributed by atoms with van der Waals surface area (Å²) in [6, 6.07) is 3.50. The van der Waals surface area contributed by atoms with Gasteiger partial charge in [-0.1, -0.05) is 6.07 Å². The Bertz CT molecular complexity index is 468. The molecule has 1 N–H and O–H groups in total. The van der Waals surface area contributed by atoms with Crippen molar-refractivity contribution < 1.29 is 9.66 Å². The molecule has 0 amide bonds. The minimum absolute atomic E-state index is 0.0754. The summed E-state index contributed by atoms with van der Waals surface area (Å²) in [5, 5.41) is 14.4. The van der Waals surface area contributed by atoms with Gasteiger partial charge in [0, 0.05) is 6.07 Å². The van der Waals surface area contributed by atoms with Crippen LogP contribution in [0.5, 0.6) is 5.75 Å². The largest absolute Gasteiger partial charge is 0.486 e. The zero-order chi connectivity index (χ0) is 13.8. The van der Waals surface area contributed by atoms with Crippen molar-refractivity contribution in [3.05, 3.63) is 33.4 Å². The normalized spacial score (nSPS) is 16.3. The highest BCUT2D eigenvalue weighted by Crippen LogP contribution is 2.32. The topological polar surface area (TPSA) is 64.4 Å². The number of hydrogen-bond acceptors (Lipinski definition) is 4. The molecule has 104 valence electrons. The van der Waals surface area contributed by atoms with E-state index in [1.165, 1.54) is 0 Å². The predicted molar refractivity (Wildman–Crippen MR) is 73.7 cm³/mol. The van der Waals surface area contributed by atoms with E-state index < -0.39 is 0 Å². The summed E-state index contributed by atoms with van der Waals surface area (Å²) >= 11 is 0. The number of ether oxygens (including phenoxy) is 1. The van der Waals surface area contributed by atoms with Crippen LogP contribution in [0.3, 0.4) is 0 Å². The molecular formula is C14H20N2O3. The molecule has 0 atom stereocenters. The molecule has 0 aromatic heterocycles. The zero-order valence-electron chi connectivity index (χ0n) is 11.4. The van der Waals surface area contributed by atoms with Crippen LogP contribution in [0, 0.1) is 29.9 Å². The van der Waals surface area contributed by atoms with E-state index in [0.717, 1.165) is 37.1 Å². The summed E-state index contributed by atoms with van der Waals surface area (Å²) in [4.78, 5) is 10.7. The predicted octanol–water partition coefficient (Wildman–Crippen LogP) is 2.59. The first-order valence-corrected chi connectivity index (χ1v) is 6.67. The molecule has 1 fully saturated rings. The van der Waals surface area contributed by atoms with Crippen LogP contribution in [0.1, 0.15) is 24.0 Å². The Kier molecular flexibility index (Phi) is 4.37. The number of nitrogens with zero attached hydrogens (tertiary/aromatic N) is 1. The summed E-state index contributed by atoms with van der Waals surface area (Å²) < 4.78 is 5.75. The molecular weight excluding hydrogens is 244 g/mol. The Morgan fingerprint density at radius 3 is 2.68 bits per heavy atom. The van der Waals surface area contributed by atoms with Gasteiger partial charge in [-0.25, -0.2) is 0 Å². The number of nitro benzene ring substituents is 1. The first-order chi connectivity index (χ1) is 9.08. The SMILES string of the molecule is Cc1cc(C)c(OCC2CCNCC2)c([N+](=O)[O-])c1. The van der Waals surface area contributed by atoms with Gasteiger partial charge in [0.25, 0.3) is 0 Å². The first-order valence-electron chi connectivity index (χ1n) is 6.67. The molecule has 0 radical (unpaired) electrons. The van der Waals surface area contributed by atoms with Gasteiger partial charge in [-0.2, -0.15) is 0 Å². The van der Waals surface area contributed by atoms with E-state index in [1.807, 2.05) is 19.9 Å². The summed E-state index contributed by atoms with van der Waals surface area (Å²) in [6.07, 6.45) is 2.14. The Hall–Kier alpha value is -1.62. The molecule has 0 unspecified atom stereocenters. The number of nitrogens with one attached hydrogen (secondary N) is 1. The molecule has 1 heterocycles. The minimum atomic E-state index is -0.363. The molecule has 1 aromatic rings. The van der Waals surface area contributed by atoms with Crippen LogP contribution in [0.4, 0.5) is 5.69 Å². The fraction of sp³-hybridized carbons (Fsp3) is 0.571. The molecule has 0 saturated carbocycles. The summed E-state index contributed by atoms with van der Waals surface area (Å²) in [6.45, 7) is 6.28. The summed E-state index contributed by atoms with van der Waals surface area (Å²) in [5.74, 6) is 0.913. The van der Waals surface area contributed by atoms with Crippen LogP contribution in [0.2, 0.25) is 0 Å². The van der Waals surface area contributed by atoms with Crippen LogP contribution < -0.4 is 10.1 Å². The maximum absolute atomic E-state index is 11.1. The fourth-order valence-electron chi connectivity index (χ4n) is 2.50. The number of nitro groups is 1. The number of aryl methyl sites for hydroxylation is 2. The van der Waals surface area contributed by atoms with Gasteiger partial charge >= 0.3 is 5.69 Å². The van der Waals surface area contributed by atoms with Gasteiger partial charge in [-0.05, 0) is 56.8 Å². The van der Waals surface area contributed by atoms with Crippen LogP contribution in [0.15, 0.2) is 12.1 Å². The molecule has 19 heavy (non-hydrogen) atoms. The Labute approximate surface area is 113 Å². The first kappa shape index (κ1) is 13.8. The molecule has 1 aromatic carbocycles. The van der Waals surface area contributed by atoms with Crippen LogP contribution in [0.25, 0.3) is 0 Å². The Morgan fingerprint density at radius 1 is 1.37 bits per heavy atom. The van der Waals surface area contributed by atoms with Gasteiger partial charge < -0.3 is 10.1 Å². The van der Waals surface area contributed by atoms with Gasteiger partial charge in [-0.3, -0.25) is 10.1 Å². The maximum atomic E-state index is 11.1. The van der Waals surface area contributed by atoms with E-state index in [9.17, 15) is 10.1 Å². The van der Waals surface area contributed by atoms with E-state index in [4.69, 9.17) is 4.74 Å². The van der Waals surface area contributed by atoms with Crippen LogP contribution in [-0.2, 0) is 0 Å². The Balaban J connectivity index is 2.12. The minimum Gasteiger partial charge on any atom is -0.486 e. The molecule has 0 aliphatic carbocycles. The third kappa shape index (κ3) is 3.44. The molecule has 0 bridgehead atoms. The van der Waals surface area contributed by atoms with Crippen molar-refractivity contribution in [1.82, 2.24) is 5.32 Å². The standard InChI is InChI=1S/C14H20N2O3/c1-10-7-11(2)14(13(8-10)16(17)18)19-9-12-3-5-15-6-4-12/h7-8,12,15H,3-6,9H2,1-2H3. The van der Waals surface area contributed by atoms with Gasteiger partial charge in [0.05, 0.1) is 11.5 Å². The lowest BCUT2D eigenvalue weighted by molar-refractivity contribution is -0.386. The number of benzene rings is 1. The van der Waals surface area contributed by atoms with Crippen LogP contribution >= 0.6 is 0 Å². The van der Waals surface area contributed by atoms with Gasteiger partial charge in [0.15, 0.2) is 5.75 Å². The van der Waals surface area contributed by atoms with Gasteiger partial charge in [0.2, 0.25) is 0 Å². The van der Waals surface area contributed by atoms with Crippen molar-refractivity contribution in [2.24, 2.45) is 5.92 Å². The molecule has 1 aliphatic rings. The van der Waals surface area contributed by atoms with E-state index in [0.29, 0.717) is 18.3 Å². The Morgan fingerprint density at radius 2 is 2.05 bits per heavy atom. The van der Waals surface area contributed by atoms with E-state index in [1.54, 1.807) is 6.07 Å². The van der Waals surface area contributed by atoms with E-state index >= 15 is 0 Å². The lowest BCUT2D eigenvalue weighted by atomic mass is 9.99. The average molecular weight is 264 g/mol. The van der Waals surface area contributed by atoms with E-state index in [2.05, 4.69) is 5.32 Å². The molecule has 5 nitrogen and oxygen atoms in total. The molecule has 0 spiro atoms. The van der Waals surface area contributed by atoms with E-state index in [-0.39, 0.29) is 10.6 Å². The van der Waals surface area contributed by atoms with Crippen molar-refractivity contribution in [3.8, 4) is 5.75 Å². The highest BCUT2D eigenvalue weighted by molar-refractivity contribution is 5.53. The molecule has 5 heteroatoms. The van der Waals surface area contributed by atoms with Crippen LogP contribution in [-0.4, -0.2) is 24.6 Å². The van der Waals surface area contributed by atoms with Crippen molar-refractivity contribution in [1.29, 1.82) is 0 Å². The third-order valence-corrected chi connectivity index (χ3v) is 3.52. The zero-order valence-corrected chi connectivity index (χ0v) is 11.4. The van der Waals surface area contributed by atoms with Crippen molar-refractivity contribution >= 4 is 5.69 Å². The number of piperidine rings is 1.